The highest BCUT2D eigenvalue weighted by molar-refractivity contribution is 7.15. The summed E-state index contributed by atoms with van der Waals surface area (Å²) in [5.41, 5.74) is 0. The molecule has 0 saturated heterocycles. The summed E-state index contributed by atoms with van der Waals surface area (Å²) < 4.78 is 0. The van der Waals surface area contributed by atoms with Crippen LogP contribution in [0.5, 0.6) is 0 Å². The van der Waals surface area contributed by atoms with Crippen molar-refractivity contribution in [3.63, 3.8) is 0 Å². The monoisotopic (exact) mass is 279 g/mol. The van der Waals surface area contributed by atoms with Gasteiger partial charge in [-0.2, -0.15) is 0 Å². The smallest absolute Gasteiger partial charge is 0.205 e. The topological polar surface area (TPSA) is 37.8 Å². The van der Waals surface area contributed by atoms with E-state index < -0.39 is 0 Å². The second-order valence-corrected chi connectivity index (χ2v) is 7.77. The van der Waals surface area contributed by atoms with Gasteiger partial charge in [0.1, 0.15) is 5.01 Å². The van der Waals surface area contributed by atoms with E-state index in [1.165, 1.54) is 43.5 Å². The summed E-state index contributed by atoms with van der Waals surface area (Å²) in [6.45, 7) is 4.46. The van der Waals surface area contributed by atoms with E-state index in [1.807, 2.05) is 0 Å². The van der Waals surface area contributed by atoms with Crippen molar-refractivity contribution < 1.29 is 0 Å². The normalized spacial score (nSPS) is 27.7. The summed E-state index contributed by atoms with van der Waals surface area (Å²) in [6, 6.07) is 0.638. The quantitative estimate of drug-likeness (QED) is 0.881. The molecule has 0 aliphatic heterocycles. The maximum Gasteiger partial charge on any atom is 0.205 e. The van der Waals surface area contributed by atoms with Gasteiger partial charge in [0.25, 0.3) is 0 Å². The zero-order valence-corrected chi connectivity index (χ0v) is 12.9. The van der Waals surface area contributed by atoms with Crippen molar-refractivity contribution in [2.75, 3.05) is 5.32 Å². The Morgan fingerprint density at radius 2 is 2.00 bits per heavy atom. The molecule has 1 N–H and O–H groups in total. The predicted octanol–water partition coefficient (Wildman–Crippen LogP) is 4.12. The molecule has 4 heteroatoms. The molecule has 0 aromatic carbocycles. The fraction of sp³-hybridized carbons (Fsp3) is 0.867. The third kappa shape index (κ3) is 3.68. The first kappa shape index (κ1) is 13.3. The van der Waals surface area contributed by atoms with E-state index in [2.05, 4.69) is 29.4 Å². The molecule has 3 rings (SSSR count). The molecule has 19 heavy (non-hydrogen) atoms. The van der Waals surface area contributed by atoms with Crippen LogP contribution in [0.25, 0.3) is 0 Å². The van der Waals surface area contributed by atoms with E-state index in [9.17, 15) is 0 Å². The number of hydrogen-bond donors (Lipinski definition) is 1. The zero-order valence-electron chi connectivity index (χ0n) is 12.1. The summed E-state index contributed by atoms with van der Waals surface area (Å²) in [4.78, 5) is 0. The Kier molecular flexibility index (Phi) is 4.06. The molecule has 0 amide bonds. The average Bonchev–Trinajstić information content (AvgIpc) is 3.13. The van der Waals surface area contributed by atoms with Crippen molar-refractivity contribution in [1.82, 2.24) is 10.2 Å². The van der Waals surface area contributed by atoms with E-state index in [4.69, 9.17) is 0 Å². The van der Waals surface area contributed by atoms with Crippen LogP contribution in [0, 0.1) is 17.8 Å². The summed E-state index contributed by atoms with van der Waals surface area (Å²) >= 11 is 1.75. The van der Waals surface area contributed by atoms with E-state index in [-0.39, 0.29) is 0 Å². The fourth-order valence-corrected chi connectivity index (χ4v) is 4.30. The summed E-state index contributed by atoms with van der Waals surface area (Å²) in [5.74, 6) is 2.69. The van der Waals surface area contributed by atoms with Gasteiger partial charge in [0.05, 0.1) is 0 Å². The largest absolute Gasteiger partial charge is 0.357 e. The highest BCUT2D eigenvalue weighted by atomic mass is 32.1. The molecule has 1 aromatic heterocycles. The molecular weight excluding hydrogens is 254 g/mol. The molecule has 2 atom stereocenters. The number of anilines is 1. The Morgan fingerprint density at radius 1 is 1.16 bits per heavy atom. The van der Waals surface area contributed by atoms with Crippen LogP contribution in [0.1, 0.15) is 57.4 Å². The van der Waals surface area contributed by atoms with E-state index in [1.54, 1.807) is 11.3 Å². The molecule has 3 nitrogen and oxygen atoms in total. The Hall–Kier alpha value is -0.640. The van der Waals surface area contributed by atoms with Gasteiger partial charge in [-0.25, -0.2) is 0 Å². The van der Waals surface area contributed by atoms with Gasteiger partial charge in [0, 0.05) is 12.5 Å². The van der Waals surface area contributed by atoms with Gasteiger partial charge in [-0.15, -0.1) is 10.2 Å². The van der Waals surface area contributed by atoms with Crippen LogP contribution in [0.2, 0.25) is 0 Å². The second kappa shape index (κ2) is 5.78. The first-order valence-corrected chi connectivity index (χ1v) is 8.61. The van der Waals surface area contributed by atoms with Gasteiger partial charge in [0.2, 0.25) is 5.13 Å². The maximum absolute atomic E-state index is 4.31. The van der Waals surface area contributed by atoms with Gasteiger partial charge < -0.3 is 5.32 Å². The Bertz CT molecular complexity index is 411. The van der Waals surface area contributed by atoms with Crippen LogP contribution in [-0.4, -0.2) is 16.2 Å². The van der Waals surface area contributed by atoms with Gasteiger partial charge in [-0.3, -0.25) is 0 Å². The molecule has 2 aliphatic rings. The van der Waals surface area contributed by atoms with Crippen LogP contribution in [-0.2, 0) is 6.42 Å². The Morgan fingerprint density at radius 3 is 2.74 bits per heavy atom. The lowest BCUT2D eigenvalue weighted by molar-refractivity contribution is 0.303. The minimum Gasteiger partial charge on any atom is -0.357 e. The van der Waals surface area contributed by atoms with E-state index in [0.29, 0.717) is 12.0 Å². The van der Waals surface area contributed by atoms with Crippen molar-refractivity contribution in [2.45, 2.75) is 64.8 Å². The van der Waals surface area contributed by atoms with Crippen LogP contribution < -0.4 is 5.32 Å². The third-order valence-corrected chi connectivity index (χ3v) is 5.26. The molecule has 106 valence electrons. The Labute approximate surface area is 120 Å². The van der Waals surface area contributed by atoms with Crippen molar-refractivity contribution in [2.24, 2.45) is 17.8 Å². The molecule has 2 aliphatic carbocycles. The first-order chi connectivity index (χ1) is 9.20. The molecule has 1 aromatic rings. The molecule has 2 unspecified atom stereocenters. The molecule has 2 saturated carbocycles. The van der Waals surface area contributed by atoms with E-state index >= 15 is 0 Å². The summed E-state index contributed by atoms with van der Waals surface area (Å²) in [6.07, 6.45) is 9.51. The lowest BCUT2D eigenvalue weighted by atomic mass is 9.83. The number of rotatable bonds is 5. The lowest BCUT2D eigenvalue weighted by Gasteiger charge is -2.29. The first-order valence-electron chi connectivity index (χ1n) is 7.79. The average molecular weight is 279 g/mol. The van der Waals surface area contributed by atoms with Gasteiger partial charge >= 0.3 is 0 Å². The van der Waals surface area contributed by atoms with E-state index in [0.717, 1.165) is 23.4 Å². The molecular formula is C15H25N3S. The zero-order chi connectivity index (χ0) is 13.2. The minimum atomic E-state index is 0.638. The van der Waals surface area contributed by atoms with Crippen molar-refractivity contribution in [3.8, 4) is 0 Å². The van der Waals surface area contributed by atoms with Gasteiger partial charge in [-0.05, 0) is 43.4 Å². The van der Waals surface area contributed by atoms with Crippen LogP contribution >= 0.6 is 11.3 Å². The number of nitrogens with zero attached hydrogens (tertiary/aromatic N) is 2. The van der Waals surface area contributed by atoms with Crippen LogP contribution in [0.15, 0.2) is 0 Å². The number of hydrogen-bond acceptors (Lipinski definition) is 4. The molecule has 2 fully saturated rings. The summed E-state index contributed by atoms with van der Waals surface area (Å²) in [5, 5.41) is 14.4. The predicted molar refractivity (Wildman–Crippen MR) is 80.5 cm³/mol. The SMILES string of the molecule is CC(C)Cc1nnc(NC2CCCC(C3CC3)C2)s1. The maximum atomic E-state index is 4.31. The lowest BCUT2D eigenvalue weighted by Crippen LogP contribution is -2.28. The van der Waals surface area contributed by atoms with Crippen molar-refractivity contribution in [3.05, 3.63) is 5.01 Å². The third-order valence-electron chi connectivity index (χ3n) is 4.38. The highest BCUT2D eigenvalue weighted by Gasteiger charge is 2.34. The highest BCUT2D eigenvalue weighted by Crippen LogP contribution is 2.44. The number of nitrogens with one attached hydrogen (secondary N) is 1. The van der Waals surface area contributed by atoms with Gasteiger partial charge in [-0.1, -0.05) is 38.0 Å². The number of aromatic nitrogens is 2. The molecule has 0 spiro atoms. The molecule has 1 heterocycles. The standard InChI is InChI=1S/C15H25N3S/c1-10(2)8-14-17-18-15(19-14)16-13-5-3-4-12(9-13)11-6-7-11/h10-13H,3-9H2,1-2H3,(H,16,18). The fourth-order valence-electron chi connectivity index (χ4n) is 3.27. The minimum absolute atomic E-state index is 0.638. The second-order valence-electron chi connectivity index (χ2n) is 6.70. The Balaban J connectivity index is 1.53. The van der Waals surface area contributed by atoms with Gasteiger partial charge in [0.15, 0.2) is 0 Å². The molecule has 0 radical (unpaired) electrons. The summed E-state index contributed by atoms with van der Waals surface area (Å²) in [7, 11) is 0. The molecule has 0 bridgehead atoms. The van der Waals surface area contributed by atoms with Crippen molar-refractivity contribution in [1.29, 1.82) is 0 Å². The van der Waals surface area contributed by atoms with Crippen LogP contribution in [0.4, 0.5) is 5.13 Å². The van der Waals surface area contributed by atoms with Crippen LogP contribution in [0.3, 0.4) is 0 Å². The van der Waals surface area contributed by atoms with Crippen molar-refractivity contribution >= 4 is 16.5 Å².